The van der Waals surface area contributed by atoms with Crippen molar-refractivity contribution in [3.63, 3.8) is 0 Å². The maximum Gasteiger partial charge on any atom is 0.303 e. The maximum absolute atomic E-state index is 12.4. The van der Waals surface area contributed by atoms with Crippen molar-refractivity contribution in [3.8, 4) is 5.75 Å². The molecule has 0 bridgehead atoms. The minimum Gasteiger partial charge on any atom is -0.482 e. The monoisotopic (exact) mass is 379 g/mol. The molecule has 0 unspecified atom stereocenters. The molecule has 9 nitrogen and oxygen atoms in total. The molecule has 3 rings (SSSR count). The molecular weight excluding hydrogens is 362 g/mol. The second-order valence-corrected chi connectivity index (χ2v) is 7.89. The molecule has 1 aliphatic rings. The average Bonchev–Trinajstić information content (AvgIpc) is 3.01. The predicted octanol–water partition coefficient (Wildman–Crippen LogP) is 1.32. The third-order valence-electron chi connectivity index (χ3n) is 3.52. The molecule has 0 fully saturated rings. The van der Waals surface area contributed by atoms with Crippen molar-refractivity contribution in [1.82, 2.24) is 9.88 Å². The number of hydrogen-bond acceptors (Lipinski definition) is 7. The number of anilines is 1. The van der Waals surface area contributed by atoms with Gasteiger partial charge in [0.25, 0.3) is 15.9 Å². The summed E-state index contributed by atoms with van der Waals surface area (Å²) in [4.78, 5) is 23.3. The Labute approximate surface area is 149 Å². The van der Waals surface area contributed by atoms with E-state index in [1.54, 1.807) is 0 Å². The molecule has 2 amide bonds. The molecule has 2 N–H and O–H groups in total. The van der Waals surface area contributed by atoms with Crippen LogP contribution in [0.4, 0.5) is 5.69 Å². The second kappa shape index (κ2) is 6.79. The van der Waals surface area contributed by atoms with Crippen LogP contribution in [0, 0.1) is 5.92 Å². The van der Waals surface area contributed by atoms with Crippen LogP contribution in [-0.4, -0.2) is 32.0 Å². The highest BCUT2D eigenvalue weighted by Crippen LogP contribution is 2.30. The summed E-state index contributed by atoms with van der Waals surface area (Å²) in [5.74, 6) is -0.851. The third-order valence-corrected chi connectivity index (χ3v) is 4.85. The van der Waals surface area contributed by atoms with Gasteiger partial charge in [-0.3, -0.25) is 9.59 Å². The van der Waals surface area contributed by atoms with Gasteiger partial charge in [0.15, 0.2) is 6.61 Å². The van der Waals surface area contributed by atoms with Gasteiger partial charge >= 0.3 is 5.91 Å². The van der Waals surface area contributed by atoms with Crippen molar-refractivity contribution in [3.05, 3.63) is 35.7 Å². The highest BCUT2D eigenvalue weighted by atomic mass is 32.2. The third kappa shape index (κ3) is 3.85. The van der Waals surface area contributed by atoms with Crippen molar-refractivity contribution in [2.24, 2.45) is 5.92 Å². The van der Waals surface area contributed by atoms with Crippen LogP contribution >= 0.6 is 0 Å². The summed E-state index contributed by atoms with van der Waals surface area (Å²) in [6.07, 6.45) is 0.605. The summed E-state index contributed by atoms with van der Waals surface area (Å²) in [6, 6.07) is 5.30. The van der Waals surface area contributed by atoms with Crippen LogP contribution in [0.15, 0.2) is 33.7 Å². The van der Waals surface area contributed by atoms with Gasteiger partial charge in [-0.2, -0.15) is 0 Å². The zero-order chi connectivity index (χ0) is 18.9. The smallest absolute Gasteiger partial charge is 0.303 e. The average molecular weight is 379 g/mol. The predicted molar refractivity (Wildman–Crippen MR) is 90.3 cm³/mol. The Balaban J connectivity index is 1.78. The molecule has 10 heteroatoms. The first-order valence-electron chi connectivity index (χ1n) is 7.84. The van der Waals surface area contributed by atoms with Gasteiger partial charge in [0, 0.05) is 6.07 Å². The van der Waals surface area contributed by atoms with E-state index in [1.807, 2.05) is 18.6 Å². The van der Waals surface area contributed by atoms with Gasteiger partial charge in [-0.25, -0.2) is 13.1 Å². The Bertz CT molecular complexity index is 964. The number of fused-ring (bicyclic) bond motifs is 1. The number of benzene rings is 1. The van der Waals surface area contributed by atoms with Crippen LogP contribution in [-0.2, 0) is 21.2 Å². The molecular formula is C16H17N3O6S. The molecule has 1 aromatic heterocycles. The number of ether oxygens (including phenoxy) is 1. The van der Waals surface area contributed by atoms with E-state index in [-0.39, 0.29) is 22.9 Å². The second-order valence-electron chi connectivity index (χ2n) is 6.21. The fourth-order valence-electron chi connectivity index (χ4n) is 2.39. The SMILES string of the molecule is CC(C)Cc1cc(C(=O)NS(=O)(=O)c2ccc3c(c2)NC(=O)CO3)on1. The summed E-state index contributed by atoms with van der Waals surface area (Å²) in [7, 11) is -4.17. The van der Waals surface area contributed by atoms with Crippen molar-refractivity contribution < 1.29 is 27.3 Å². The van der Waals surface area contributed by atoms with Gasteiger partial charge in [-0.05, 0) is 30.5 Å². The Hall–Kier alpha value is -2.88. The molecule has 0 saturated heterocycles. The number of carbonyl (C=O) groups is 2. The minimum atomic E-state index is -4.17. The summed E-state index contributed by atoms with van der Waals surface area (Å²) in [5.41, 5.74) is 0.784. The van der Waals surface area contributed by atoms with Gasteiger partial charge in [0.1, 0.15) is 5.75 Å². The number of rotatable bonds is 5. The zero-order valence-corrected chi connectivity index (χ0v) is 14.9. The Kier molecular flexibility index (Phi) is 4.68. The van der Waals surface area contributed by atoms with Gasteiger partial charge in [-0.15, -0.1) is 0 Å². The van der Waals surface area contributed by atoms with Crippen LogP contribution in [0.25, 0.3) is 0 Å². The molecule has 2 aromatic rings. The molecule has 0 atom stereocenters. The van der Waals surface area contributed by atoms with Crippen LogP contribution in [0.1, 0.15) is 30.1 Å². The summed E-state index contributed by atoms with van der Waals surface area (Å²) in [6.45, 7) is 3.83. The Morgan fingerprint density at radius 2 is 2.12 bits per heavy atom. The van der Waals surface area contributed by atoms with Crippen molar-refractivity contribution >= 4 is 27.5 Å². The first-order valence-corrected chi connectivity index (χ1v) is 9.32. The summed E-state index contributed by atoms with van der Waals surface area (Å²) >= 11 is 0. The fraction of sp³-hybridized carbons (Fsp3) is 0.312. The summed E-state index contributed by atoms with van der Waals surface area (Å²) < 4.78 is 36.8. The number of nitrogens with one attached hydrogen (secondary N) is 2. The van der Waals surface area contributed by atoms with E-state index in [1.165, 1.54) is 24.3 Å². The first-order chi connectivity index (χ1) is 12.2. The lowest BCUT2D eigenvalue weighted by Gasteiger charge is -2.18. The molecule has 0 aliphatic carbocycles. The van der Waals surface area contributed by atoms with Crippen LogP contribution in [0.5, 0.6) is 5.75 Å². The zero-order valence-electron chi connectivity index (χ0n) is 14.1. The number of amides is 2. The van der Waals surface area contributed by atoms with E-state index in [2.05, 4.69) is 10.5 Å². The van der Waals surface area contributed by atoms with Crippen molar-refractivity contribution in [2.75, 3.05) is 11.9 Å². The molecule has 1 aromatic carbocycles. The van der Waals surface area contributed by atoms with E-state index in [9.17, 15) is 18.0 Å². The number of sulfonamides is 1. The largest absolute Gasteiger partial charge is 0.482 e. The quantitative estimate of drug-likeness (QED) is 0.802. The normalized spacial score (nSPS) is 13.7. The molecule has 138 valence electrons. The molecule has 1 aliphatic heterocycles. The topological polar surface area (TPSA) is 128 Å². The van der Waals surface area contributed by atoms with Crippen molar-refractivity contribution in [2.45, 2.75) is 25.2 Å². The Morgan fingerprint density at radius 3 is 2.85 bits per heavy atom. The maximum atomic E-state index is 12.4. The molecule has 0 saturated carbocycles. The van der Waals surface area contributed by atoms with Gasteiger partial charge in [-0.1, -0.05) is 19.0 Å². The lowest BCUT2D eigenvalue weighted by atomic mass is 10.1. The van der Waals surface area contributed by atoms with Crippen LogP contribution in [0.3, 0.4) is 0 Å². The van der Waals surface area contributed by atoms with E-state index in [0.29, 0.717) is 23.8 Å². The van der Waals surface area contributed by atoms with Gasteiger partial charge < -0.3 is 14.6 Å². The number of aromatic nitrogens is 1. The lowest BCUT2D eigenvalue weighted by Crippen LogP contribution is -2.31. The van der Waals surface area contributed by atoms with Crippen LogP contribution in [0.2, 0.25) is 0 Å². The Morgan fingerprint density at radius 1 is 1.35 bits per heavy atom. The number of hydrogen-bond donors (Lipinski definition) is 2. The molecule has 0 radical (unpaired) electrons. The van der Waals surface area contributed by atoms with Gasteiger partial charge in [0.2, 0.25) is 5.76 Å². The van der Waals surface area contributed by atoms with E-state index in [4.69, 9.17) is 9.26 Å². The first kappa shape index (κ1) is 17.9. The van der Waals surface area contributed by atoms with Crippen LogP contribution < -0.4 is 14.8 Å². The fourth-order valence-corrected chi connectivity index (χ4v) is 3.38. The number of nitrogens with zero attached hydrogens (tertiary/aromatic N) is 1. The number of carbonyl (C=O) groups excluding carboxylic acids is 2. The standard InChI is InChI=1S/C16H17N3O6S/c1-9(2)5-10-6-14(25-18-10)16(21)19-26(22,23)11-3-4-13-12(7-11)17-15(20)8-24-13/h3-4,6-7,9H,5,8H2,1-2H3,(H,17,20)(H,19,21). The molecule has 2 heterocycles. The molecule has 0 spiro atoms. The van der Waals surface area contributed by atoms with E-state index in [0.717, 1.165) is 0 Å². The molecule has 26 heavy (non-hydrogen) atoms. The highest BCUT2D eigenvalue weighted by Gasteiger charge is 2.24. The summed E-state index contributed by atoms with van der Waals surface area (Å²) in [5, 5.41) is 6.26. The van der Waals surface area contributed by atoms with E-state index < -0.39 is 21.8 Å². The lowest BCUT2D eigenvalue weighted by molar-refractivity contribution is -0.118. The minimum absolute atomic E-state index is 0.139. The van der Waals surface area contributed by atoms with E-state index >= 15 is 0 Å². The van der Waals surface area contributed by atoms with Gasteiger partial charge in [0.05, 0.1) is 16.3 Å². The van der Waals surface area contributed by atoms with Crippen molar-refractivity contribution in [1.29, 1.82) is 0 Å². The highest BCUT2D eigenvalue weighted by molar-refractivity contribution is 7.90.